The van der Waals surface area contributed by atoms with Crippen LogP contribution >= 0.6 is 11.8 Å². The van der Waals surface area contributed by atoms with Crippen molar-refractivity contribution in [2.75, 3.05) is 7.11 Å². The Kier molecular flexibility index (Phi) is 5.08. The van der Waals surface area contributed by atoms with Crippen LogP contribution < -0.4 is 5.73 Å². The first-order chi connectivity index (χ1) is 12.9. The number of carbonyl (C=O) groups is 2. The molecule has 0 aliphatic rings. The Labute approximate surface area is 157 Å². The molecule has 2 aromatic carbocycles. The Balaban J connectivity index is 1.96. The summed E-state index contributed by atoms with van der Waals surface area (Å²) >= 11 is 1.07. The predicted molar refractivity (Wildman–Crippen MR) is 98.3 cm³/mol. The van der Waals surface area contributed by atoms with Gasteiger partial charge in [-0.15, -0.1) is 0 Å². The minimum absolute atomic E-state index is 0.0813. The monoisotopic (exact) mass is 386 g/mol. The molecule has 1 heterocycles. The van der Waals surface area contributed by atoms with E-state index in [2.05, 4.69) is 9.97 Å². The number of fused-ring (bicyclic) bond motifs is 1. The average molecular weight is 386 g/mol. The van der Waals surface area contributed by atoms with Gasteiger partial charge in [-0.05, 0) is 17.7 Å². The topological polar surface area (TPSA) is 141 Å². The van der Waals surface area contributed by atoms with E-state index in [9.17, 15) is 19.7 Å². The molecule has 0 bridgehead atoms. The maximum atomic E-state index is 12.2. The molecular weight excluding hydrogens is 372 g/mol. The number of nitrogens with one attached hydrogen (secondary N) is 1. The normalized spacial score (nSPS) is 11.9. The number of esters is 1. The number of carbonyl (C=O) groups excluding carboxylic acids is 2. The summed E-state index contributed by atoms with van der Waals surface area (Å²) < 4.78 is 4.84. The highest BCUT2D eigenvalue weighted by atomic mass is 32.2. The Bertz CT molecular complexity index is 1030. The summed E-state index contributed by atoms with van der Waals surface area (Å²) in [5.74, 6) is -1.15. The van der Waals surface area contributed by atoms with Gasteiger partial charge < -0.3 is 15.5 Å². The molecule has 27 heavy (non-hydrogen) atoms. The zero-order valence-corrected chi connectivity index (χ0v) is 14.9. The van der Waals surface area contributed by atoms with Crippen LogP contribution in [-0.4, -0.2) is 33.9 Å². The number of rotatable bonds is 6. The molecule has 138 valence electrons. The van der Waals surface area contributed by atoms with Crippen LogP contribution in [0.5, 0.6) is 0 Å². The second-order valence-electron chi connectivity index (χ2n) is 5.48. The number of nitrogens with zero attached hydrogens (tertiary/aromatic N) is 2. The van der Waals surface area contributed by atoms with Crippen molar-refractivity contribution in [3.63, 3.8) is 0 Å². The predicted octanol–water partition coefficient (Wildman–Crippen LogP) is 2.58. The number of nitro benzene ring substituents is 1. The molecule has 0 radical (unpaired) electrons. The number of H-pyrrole nitrogens is 1. The first-order valence-corrected chi connectivity index (χ1v) is 8.56. The van der Waals surface area contributed by atoms with Gasteiger partial charge in [-0.25, -0.2) is 4.98 Å². The fraction of sp³-hybridized carbons (Fsp3) is 0.118. The van der Waals surface area contributed by atoms with Gasteiger partial charge >= 0.3 is 5.97 Å². The molecule has 3 aromatic rings. The SMILES string of the molecule is COC(=O)C(Sc1nc2c(C(N)=O)cccc2[nH]1)c1ccc([N+](=O)[O-])cc1. The second-order valence-corrected chi connectivity index (χ2v) is 6.57. The fourth-order valence-corrected chi connectivity index (χ4v) is 3.53. The first kappa shape index (κ1) is 18.4. The number of amides is 1. The van der Waals surface area contributed by atoms with Crippen LogP contribution in [-0.2, 0) is 9.53 Å². The number of aromatic nitrogens is 2. The Morgan fingerprint density at radius 3 is 2.56 bits per heavy atom. The fourth-order valence-electron chi connectivity index (χ4n) is 2.51. The van der Waals surface area contributed by atoms with Crippen molar-refractivity contribution >= 4 is 40.4 Å². The van der Waals surface area contributed by atoms with Crippen molar-refractivity contribution in [3.8, 4) is 0 Å². The van der Waals surface area contributed by atoms with E-state index < -0.39 is 22.0 Å². The minimum Gasteiger partial charge on any atom is -0.468 e. The number of hydrogen-bond donors (Lipinski definition) is 2. The molecular formula is C17H14N4O5S. The van der Waals surface area contributed by atoms with Crippen molar-refractivity contribution in [2.24, 2.45) is 5.73 Å². The summed E-state index contributed by atoms with van der Waals surface area (Å²) in [6, 6.07) is 10.6. The number of ether oxygens (including phenoxy) is 1. The van der Waals surface area contributed by atoms with Gasteiger partial charge in [-0.3, -0.25) is 19.7 Å². The number of nitrogens with two attached hydrogens (primary N) is 1. The van der Waals surface area contributed by atoms with Crippen LogP contribution in [0.25, 0.3) is 11.0 Å². The molecule has 1 atom stereocenters. The van der Waals surface area contributed by atoms with Gasteiger partial charge in [0.15, 0.2) is 5.16 Å². The number of para-hydroxylation sites is 1. The largest absolute Gasteiger partial charge is 0.468 e. The molecule has 1 aromatic heterocycles. The summed E-state index contributed by atoms with van der Waals surface area (Å²) in [4.78, 5) is 41.4. The number of hydrogen-bond acceptors (Lipinski definition) is 7. The van der Waals surface area contributed by atoms with E-state index in [4.69, 9.17) is 10.5 Å². The molecule has 1 amide bonds. The third-order valence-electron chi connectivity index (χ3n) is 3.81. The Hall–Kier alpha value is -3.40. The highest BCUT2D eigenvalue weighted by Crippen LogP contribution is 2.36. The quantitative estimate of drug-likeness (QED) is 0.287. The summed E-state index contributed by atoms with van der Waals surface area (Å²) in [7, 11) is 1.26. The van der Waals surface area contributed by atoms with Gasteiger partial charge in [0.25, 0.3) is 11.6 Å². The number of benzene rings is 2. The molecule has 0 fully saturated rings. The van der Waals surface area contributed by atoms with Crippen molar-refractivity contribution in [1.82, 2.24) is 9.97 Å². The van der Waals surface area contributed by atoms with E-state index in [1.54, 1.807) is 18.2 Å². The molecule has 10 heteroatoms. The highest BCUT2D eigenvalue weighted by molar-refractivity contribution is 8.00. The van der Waals surface area contributed by atoms with E-state index in [1.165, 1.54) is 31.4 Å². The van der Waals surface area contributed by atoms with E-state index in [1.807, 2.05) is 0 Å². The van der Waals surface area contributed by atoms with Crippen LogP contribution in [0.2, 0.25) is 0 Å². The van der Waals surface area contributed by atoms with E-state index in [0.29, 0.717) is 21.8 Å². The highest BCUT2D eigenvalue weighted by Gasteiger charge is 2.25. The lowest BCUT2D eigenvalue weighted by atomic mass is 10.1. The summed E-state index contributed by atoms with van der Waals surface area (Å²) in [6.07, 6.45) is 0. The van der Waals surface area contributed by atoms with Gasteiger partial charge in [0, 0.05) is 12.1 Å². The third kappa shape index (κ3) is 3.75. The molecule has 0 aliphatic heterocycles. The second kappa shape index (κ2) is 7.46. The van der Waals surface area contributed by atoms with Gasteiger partial charge in [-0.1, -0.05) is 30.0 Å². The maximum Gasteiger partial charge on any atom is 0.323 e. The smallest absolute Gasteiger partial charge is 0.323 e. The van der Waals surface area contributed by atoms with Crippen LogP contribution in [0, 0.1) is 10.1 Å². The van der Waals surface area contributed by atoms with Crippen molar-refractivity contribution in [3.05, 3.63) is 63.7 Å². The Morgan fingerprint density at radius 1 is 1.26 bits per heavy atom. The lowest BCUT2D eigenvalue weighted by Gasteiger charge is -2.13. The first-order valence-electron chi connectivity index (χ1n) is 7.68. The third-order valence-corrected chi connectivity index (χ3v) is 4.92. The van der Waals surface area contributed by atoms with Crippen LogP contribution in [0.15, 0.2) is 47.6 Å². The number of imidazole rings is 1. The molecule has 9 nitrogen and oxygen atoms in total. The molecule has 0 spiro atoms. The summed E-state index contributed by atoms with van der Waals surface area (Å²) in [5.41, 5.74) is 7.07. The average Bonchev–Trinajstić information content (AvgIpc) is 3.08. The van der Waals surface area contributed by atoms with Crippen LogP contribution in [0.4, 0.5) is 5.69 Å². The number of nitro groups is 1. The van der Waals surface area contributed by atoms with Gasteiger partial charge in [-0.2, -0.15) is 0 Å². The lowest BCUT2D eigenvalue weighted by molar-refractivity contribution is -0.384. The molecule has 3 N–H and O–H groups in total. The van der Waals surface area contributed by atoms with Gasteiger partial charge in [0.2, 0.25) is 0 Å². The number of methoxy groups -OCH3 is 1. The molecule has 1 unspecified atom stereocenters. The summed E-state index contributed by atoms with van der Waals surface area (Å²) in [5, 5.41) is 10.4. The minimum atomic E-state index is -0.798. The van der Waals surface area contributed by atoms with E-state index in [-0.39, 0.29) is 11.3 Å². The van der Waals surface area contributed by atoms with Gasteiger partial charge in [0.05, 0.1) is 23.1 Å². The van der Waals surface area contributed by atoms with Crippen molar-refractivity contribution in [1.29, 1.82) is 0 Å². The lowest BCUT2D eigenvalue weighted by Crippen LogP contribution is -2.12. The molecule has 0 saturated carbocycles. The maximum absolute atomic E-state index is 12.2. The number of thioether (sulfide) groups is 1. The zero-order valence-electron chi connectivity index (χ0n) is 14.0. The van der Waals surface area contributed by atoms with Crippen molar-refractivity contribution < 1.29 is 19.2 Å². The molecule has 0 aliphatic carbocycles. The molecule has 0 saturated heterocycles. The number of non-ortho nitro benzene ring substituents is 1. The zero-order chi connectivity index (χ0) is 19.6. The standard InChI is InChI=1S/C17H14N4O5S/c1-26-16(23)14(9-5-7-10(8-6-9)21(24)25)27-17-19-12-4-2-3-11(15(18)22)13(12)20-17/h2-8,14H,1H3,(H2,18,22)(H,19,20). The van der Waals surface area contributed by atoms with Gasteiger partial charge in [0.1, 0.15) is 10.8 Å². The number of aromatic amines is 1. The Morgan fingerprint density at radius 2 is 1.96 bits per heavy atom. The van der Waals surface area contributed by atoms with Crippen molar-refractivity contribution in [2.45, 2.75) is 10.4 Å². The summed E-state index contributed by atoms with van der Waals surface area (Å²) in [6.45, 7) is 0. The van der Waals surface area contributed by atoms with Crippen LogP contribution in [0.1, 0.15) is 21.2 Å². The van der Waals surface area contributed by atoms with Crippen LogP contribution in [0.3, 0.4) is 0 Å². The number of primary amides is 1. The molecule has 3 rings (SSSR count). The van der Waals surface area contributed by atoms with E-state index >= 15 is 0 Å². The van der Waals surface area contributed by atoms with E-state index in [0.717, 1.165) is 11.8 Å².